The summed E-state index contributed by atoms with van der Waals surface area (Å²) in [6, 6.07) is 9.46. The van der Waals surface area contributed by atoms with Crippen molar-refractivity contribution in [3.05, 3.63) is 63.6 Å². The summed E-state index contributed by atoms with van der Waals surface area (Å²) in [5.41, 5.74) is 1.56. The van der Waals surface area contributed by atoms with E-state index in [9.17, 15) is 8.78 Å². The van der Waals surface area contributed by atoms with Gasteiger partial charge in [0.05, 0.1) is 11.4 Å². The third-order valence-electron chi connectivity index (χ3n) is 2.79. The first kappa shape index (κ1) is 15.4. The molecule has 0 saturated heterocycles. The molecule has 0 bridgehead atoms. The Morgan fingerprint density at radius 2 is 1.85 bits per heavy atom. The Hall–Kier alpha value is -0.940. The normalized spacial score (nSPS) is 12.2. The van der Waals surface area contributed by atoms with Crippen LogP contribution in [0.15, 0.2) is 40.9 Å². The lowest BCUT2D eigenvalue weighted by Gasteiger charge is -2.14. The average Bonchev–Trinajstić information content (AvgIpc) is 2.42. The maximum absolute atomic E-state index is 13.3. The van der Waals surface area contributed by atoms with Gasteiger partial charge in [0.1, 0.15) is 5.75 Å². The number of ether oxygens (including phenoxy) is 1. The lowest BCUT2D eigenvalue weighted by atomic mass is 10.0. The molecule has 1 nitrogen and oxygen atoms in total. The molecule has 0 amide bonds. The SMILES string of the molecule is CCOc1ccc(C(Br)c2ccc(F)c(F)c2)c(Br)c1. The van der Waals surface area contributed by atoms with Crippen LogP contribution < -0.4 is 4.74 Å². The summed E-state index contributed by atoms with van der Waals surface area (Å²) in [5, 5.41) is 0. The number of alkyl halides is 1. The van der Waals surface area contributed by atoms with Crippen LogP contribution in [0.1, 0.15) is 22.9 Å². The Morgan fingerprint density at radius 3 is 2.45 bits per heavy atom. The van der Waals surface area contributed by atoms with E-state index >= 15 is 0 Å². The summed E-state index contributed by atoms with van der Waals surface area (Å²) in [5.74, 6) is -0.943. The zero-order chi connectivity index (χ0) is 14.7. The predicted octanol–water partition coefficient (Wildman–Crippen LogP) is 5.61. The second-order valence-corrected chi connectivity index (χ2v) is 5.92. The molecule has 0 aliphatic carbocycles. The molecule has 0 fully saturated rings. The number of rotatable bonds is 4. The minimum atomic E-state index is -0.853. The van der Waals surface area contributed by atoms with Gasteiger partial charge in [0.15, 0.2) is 11.6 Å². The van der Waals surface area contributed by atoms with Crippen molar-refractivity contribution in [3.8, 4) is 5.75 Å². The molecule has 1 atom stereocenters. The lowest BCUT2D eigenvalue weighted by molar-refractivity contribution is 0.340. The molecule has 0 heterocycles. The number of hydrogen-bond acceptors (Lipinski definition) is 1. The summed E-state index contributed by atoms with van der Waals surface area (Å²) < 4.78 is 32.5. The van der Waals surface area contributed by atoms with Crippen LogP contribution in [0, 0.1) is 11.6 Å². The predicted molar refractivity (Wildman–Crippen MR) is 82.4 cm³/mol. The summed E-state index contributed by atoms with van der Waals surface area (Å²) >= 11 is 6.98. The van der Waals surface area contributed by atoms with Crippen LogP contribution in [-0.4, -0.2) is 6.61 Å². The Balaban J connectivity index is 2.32. The highest BCUT2D eigenvalue weighted by molar-refractivity contribution is 9.11. The molecule has 2 aromatic rings. The molecule has 0 aliphatic heterocycles. The summed E-state index contributed by atoms with van der Waals surface area (Å²) in [4.78, 5) is -0.234. The molecule has 1 unspecified atom stereocenters. The van der Waals surface area contributed by atoms with E-state index in [1.807, 2.05) is 25.1 Å². The second-order valence-electron chi connectivity index (χ2n) is 4.15. The third kappa shape index (κ3) is 3.38. The van der Waals surface area contributed by atoms with E-state index in [1.54, 1.807) is 6.07 Å². The van der Waals surface area contributed by atoms with Crippen molar-refractivity contribution in [2.24, 2.45) is 0 Å². The van der Waals surface area contributed by atoms with E-state index in [0.717, 1.165) is 21.9 Å². The molecule has 2 aromatic carbocycles. The third-order valence-corrected chi connectivity index (χ3v) is 4.50. The Labute approximate surface area is 133 Å². The maximum atomic E-state index is 13.3. The van der Waals surface area contributed by atoms with Crippen molar-refractivity contribution in [1.29, 1.82) is 0 Å². The van der Waals surface area contributed by atoms with Crippen LogP contribution in [-0.2, 0) is 0 Å². The van der Waals surface area contributed by atoms with Gasteiger partial charge in [0, 0.05) is 4.47 Å². The van der Waals surface area contributed by atoms with Crippen LogP contribution >= 0.6 is 31.9 Å². The van der Waals surface area contributed by atoms with Crippen molar-refractivity contribution in [2.75, 3.05) is 6.61 Å². The Bertz CT molecular complexity index is 617. The molecule has 0 N–H and O–H groups in total. The maximum Gasteiger partial charge on any atom is 0.159 e. The van der Waals surface area contributed by atoms with Gasteiger partial charge in [-0.2, -0.15) is 0 Å². The van der Waals surface area contributed by atoms with E-state index in [-0.39, 0.29) is 4.83 Å². The molecular weight excluding hydrogens is 394 g/mol. The summed E-state index contributed by atoms with van der Waals surface area (Å²) in [6.45, 7) is 2.50. The zero-order valence-corrected chi connectivity index (χ0v) is 13.8. The summed E-state index contributed by atoms with van der Waals surface area (Å²) in [6.07, 6.45) is 0. The Kier molecular flexibility index (Phi) is 5.16. The second kappa shape index (κ2) is 6.68. The van der Waals surface area contributed by atoms with Gasteiger partial charge < -0.3 is 4.74 Å². The van der Waals surface area contributed by atoms with E-state index in [2.05, 4.69) is 31.9 Å². The smallest absolute Gasteiger partial charge is 0.159 e. The minimum absolute atomic E-state index is 0.234. The number of benzene rings is 2. The number of hydrogen-bond donors (Lipinski definition) is 0. The van der Waals surface area contributed by atoms with Crippen LogP contribution in [0.5, 0.6) is 5.75 Å². The highest BCUT2D eigenvalue weighted by Gasteiger charge is 2.16. The lowest BCUT2D eigenvalue weighted by Crippen LogP contribution is -1.98. The van der Waals surface area contributed by atoms with Gasteiger partial charge in [-0.25, -0.2) is 8.78 Å². The van der Waals surface area contributed by atoms with Crippen LogP contribution in [0.4, 0.5) is 8.78 Å². The molecule has 5 heteroatoms. The highest BCUT2D eigenvalue weighted by Crippen LogP contribution is 2.37. The van der Waals surface area contributed by atoms with Crippen molar-refractivity contribution in [1.82, 2.24) is 0 Å². The first-order valence-corrected chi connectivity index (χ1v) is 7.75. The van der Waals surface area contributed by atoms with Crippen molar-refractivity contribution >= 4 is 31.9 Å². The fourth-order valence-electron chi connectivity index (χ4n) is 1.82. The standard InChI is InChI=1S/C15H12Br2F2O/c1-2-20-10-4-5-11(12(16)8-10)15(17)9-3-6-13(18)14(19)7-9/h3-8,15H,2H2,1H3. The zero-order valence-electron chi connectivity index (χ0n) is 10.7. The van der Waals surface area contributed by atoms with Gasteiger partial charge in [-0.15, -0.1) is 0 Å². The molecule has 2 rings (SSSR count). The molecule has 0 aromatic heterocycles. The molecular formula is C15H12Br2F2O. The van der Waals surface area contributed by atoms with Gasteiger partial charge >= 0.3 is 0 Å². The topological polar surface area (TPSA) is 9.23 Å². The van der Waals surface area contributed by atoms with E-state index in [0.29, 0.717) is 12.2 Å². The van der Waals surface area contributed by atoms with E-state index in [4.69, 9.17) is 4.74 Å². The van der Waals surface area contributed by atoms with Crippen LogP contribution in [0.25, 0.3) is 0 Å². The largest absolute Gasteiger partial charge is 0.494 e. The van der Waals surface area contributed by atoms with Crippen molar-refractivity contribution in [2.45, 2.75) is 11.8 Å². The van der Waals surface area contributed by atoms with Crippen molar-refractivity contribution < 1.29 is 13.5 Å². The first-order chi connectivity index (χ1) is 9.52. The van der Waals surface area contributed by atoms with Crippen LogP contribution in [0.2, 0.25) is 0 Å². The molecule has 106 valence electrons. The van der Waals surface area contributed by atoms with Gasteiger partial charge in [-0.1, -0.05) is 44.0 Å². The van der Waals surface area contributed by atoms with Gasteiger partial charge in [-0.05, 0) is 42.3 Å². The molecule has 0 saturated carbocycles. The minimum Gasteiger partial charge on any atom is -0.494 e. The Morgan fingerprint density at radius 1 is 1.10 bits per heavy atom. The number of halogens is 4. The van der Waals surface area contributed by atoms with Crippen molar-refractivity contribution in [3.63, 3.8) is 0 Å². The quantitative estimate of drug-likeness (QED) is 0.600. The molecule has 0 aliphatic rings. The fraction of sp³-hybridized carbons (Fsp3) is 0.200. The first-order valence-electron chi connectivity index (χ1n) is 6.04. The van der Waals surface area contributed by atoms with Gasteiger partial charge in [0.25, 0.3) is 0 Å². The molecule has 0 spiro atoms. The summed E-state index contributed by atoms with van der Waals surface area (Å²) in [7, 11) is 0. The molecule has 20 heavy (non-hydrogen) atoms. The van der Waals surface area contributed by atoms with E-state index < -0.39 is 11.6 Å². The molecule has 0 radical (unpaired) electrons. The van der Waals surface area contributed by atoms with Gasteiger partial charge in [-0.3, -0.25) is 0 Å². The fourth-order valence-corrected chi connectivity index (χ4v) is 3.40. The average molecular weight is 406 g/mol. The monoisotopic (exact) mass is 404 g/mol. The van der Waals surface area contributed by atoms with Gasteiger partial charge in [0.2, 0.25) is 0 Å². The van der Waals surface area contributed by atoms with Crippen LogP contribution in [0.3, 0.4) is 0 Å². The van der Waals surface area contributed by atoms with E-state index in [1.165, 1.54) is 6.07 Å². The highest BCUT2D eigenvalue weighted by atomic mass is 79.9.